The van der Waals surface area contributed by atoms with Gasteiger partial charge in [0.25, 0.3) is 0 Å². The molecule has 2 atom stereocenters. The lowest BCUT2D eigenvalue weighted by atomic mass is 9.65. The number of nitrogens with zero attached hydrogens (tertiary/aromatic N) is 1. The van der Waals surface area contributed by atoms with Gasteiger partial charge in [0, 0.05) is 17.6 Å². The molecule has 0 radical (unpaired) electrons. The first-order valence-electron chi connectivity index (χ1n) is 7.70. The molecule has 2 unspecified atom stereocenters. The molecule has 0 aromatic heterocycles. The largest absolute Gasteiger partial charge is 0.322 e. The van der Waals surface area contributed by atoms with E-state index in [-0.39, 0.29) is 11.4 Å². The first kappa shape index (κ1) is 15.9. The molecule has 2 bridgehead atoms. The summed E-state index contributed by atoms with van der Waals surface area (Å²) in [7, 11) is 0. The average molecular weight is 341 g/mol. The predicted molar refractivity (Wildman–Crippen MR) is 91.7 cm³/mol. The highest BCUT2D eigenvalue weighted by atomic mass is 35.5. The maximum absolute atomic E-state index is 12.7. The lowest BCUT2D eigenvalue weighted by Crippen LogP contribution is -2.40. The highest BCUT2D eigenvalue weighted by molar-refractivity contribution is 6.35. The van der Waals surface area contributed by atoms with Crippen LogP contribution in [0.15, 0.2) is 18.2 Å². The smallest absolute Gasteiger partial charge is 0.321 e. The molecule has 2 aliphatic rings. The van der Waals surface area contributed by atoms with Crippen molar-refractivity contribution in [2.45, 2.75) is 46.1 Å². The molecule has 0 spiro atoms. The second kappa shape index (κ2) is 5.31. The number of amides is 2. The van der Waals surface area contributed by atoms with Gasteiger partial charge in [-0.25, -0.2) is 4.79 Å². The Bertz CT molecular complexity index is 617. The van der Waals surface area contributed by atoms with Gasteiger partial charge in [-0.1, -0.05) is 44.0 Å². The third-order valence-corrected chi connectivity index (χ3v) is 5.41. The van der Waals surface area contributed by atoms with Crippen molar-refractivity contribution in [3.63, 3.8) is 0 Å². The zero-order valence-corrected chi connectivity index (χ0v) is 14.8. The first-order chi connectivity index (χ1) is 10.2. The number of likely N-dealkylation sites (tertiary alicyclic amines) is 1. The summed E-state index contributed by atoms with van der Waals surface area (Å²) in [6.07, 6.45) is 3.31. The molecular weight excluding hydrogens is 319 g/mol. The molecule has 1 N–H and O–H groups in total. The van der Waals surface area contributed by atoms with Gasteiger partial charge in [-0.15, -0.1) is 0 Å². The van der Waals surface area contributed by atoms with Gasteiger partial charge in [-0.3, -0.25) is 0 Å². The maximum Gasteiger partial charge on any atom is 0.322 e. The van der Waals surface area contributed by atoms with Crippen LogP contribution < -0.4 is 5.32 Å². The molecule has 1 saturated carbocycles. The van der Waals surface area contributed by atoms with Crippen LogP contribution >= 0.6 is 23.2 Å². The van der Waals surface area contributed by atoms with Crippen molar-refractivity contribution in [3.8, 4) is 0 Å². The molecule has 120 valence electrons. The van der Waals surface area contributed by atoms with Gasteiger partial charge in [0.05, 0.1) is 10.7 Å². The summed E-state index contributed by atoms with van der Waals surface area (Å²) in [5, 5.41) is 3.99. The number of fused-ring (bicyclic) bond motifs is 2. The molecule has 1 aliphatic heterocycles. The quantitative estimate of drug-likeness (QED) is 0.726. The Hall–Kier alpha value is -0.930. The summed E-state index contributed by atoms with van der Waals surface area (Å²) >= 11 is 12.1. The van der Waals surface area contributed by atoms with Gasteiger partial charge < -0.3 is 10.2 Å². The van der Waals surface area contributed by atoms with Crippen LogP contribution in [0.1, 0.15) is 40.0 Å². The van der Waals surface area contributed by atoms with Gasteiger partial charge in [-0.05, 0) is 48.3 Å². The van der Waals surface area contributed by atoms with Crippen molar-refractivity contribution in [2.75, 3.05) is 11.9 Å². The van der Waals surface area contributed by atoms with Crippen LogP contribution in [0.2, 0.25) is 10.0 Å². The average Bonchev–Trinajstić information content (AvgIpc) is 2.63. The fourth-order valence-corrected chi connectivity index (χ4v) is 4.81. The number of hydrogen-bond donors (Lipinski definition) is 1. The molecule has 2 fully saturated rings. The fraction of sp³-hybridized carbons (Fsp3) is 0.588. The molecule has 1 saturated heterocycles. The van der Waals surface area contributed by atoms with Gasteiger partial charge in [0.1, 0.15) is 0 Å². The van der Waals surface area contributed by atoms with Gasteiger partial charge >= 0.3 is 6.03 Å². The van der Waals surface area contributed by atoms with Gasteiger partial charge in [0.2, 0.25) is 0 Å². The van der Waals surface area contributed by atoms with Crippen molar-refractivity contribution in [1.29, 1.82) is 0 Å². The summed E-state index contributed by atoms with van der Waals surface area (Å²) in [6, 6.07) is 5.34. The number of carbonyl (C=O) groups is 1. The second-order valence-electron chi connectivity index (χ2n) is 7.90. The molecule has 2 amide bonds. The lowest BCUT2D eigenvalue weighted by molar-refractivity contribution is 0.130. The van der Waals surface area contributed by atoms with E-state index < -0.39 is 0 Å². The van der Waals surface area contributed by atoms with Crippen LogP contribution in [0.4, 0.5) is 10.5 Å². The molecule has 5 heteroatoms. The van der Waals surface area contributed by atoms with Crippen LogP contribution in [-0.4, -0.2) is 23.5 Å². The molecule has 1 aromatic carbocycles. The lowest BCUT2D eigenvalue weighted by Gasteiger charge is -2.39. The zero-order chi connectivity index (χ0) is 16.1. The van der Waals surface area contributed by atoms with E-state index in [0.717, 1.165) is 25.8 Å². The van der Waals surface area contributed by atoms with Crippen molar-refractivity contribution < 1.29 is 4.79 Å². The number of carbonyl (C=O) groups excluding carboxylic acids is 1. The minimum Gasteiger partial charge on any atom is -0.321 e. The Kier molecular flexibility index (Phi) is 3.85. The van der Waals surface area contributed by atoms with E-state index in [0.29, 0.717) is 27.2 Å². The standard InChI is InChI=1S/C17H22Cl2N2O/c1-16(2)7-12-8-17(3,9-16)10-21(12)15(22)20-14-6-11(18)4-5-13(14)19/h4-6,12H,7-10H2,1-3H3,(H,20,22). The van der Waals surface area contributed by atoms with E-state index in [1.807, 2.05) is 4.90 Å². The topological polar surface area (TPSA) is 32.3 Å². The number of halogens is 2. The summed E-state index contributed by atoms with van der Waals surface area (Å²) in [5.41, 5.74) is 1.09. The third kappa shape index (κ3) is 3.07. The Labute approximate surface area is 142 Å². The van der Waals surface area contributed by atoms with Crippen molar-refractivity contribution in [3.05, 3.63) is 28.2 Å². The first-order valence-corrected chi connectivity index (χ1v) is 8.46. The number of nitrogens with one attached hydrogen (secondary N) is 1. The second-order valence-corrected chi connectivity index (χ2v) is 8.74. The Morgan fingerprint density at radius 2 is 2.00 bits per heavy atom. The summed E-state index contributed by atoms with van der Waals surface area (Å²) < 4.78 is 0. The summed E-state index contributed by atoms with van der Waals surface area (Å²) in [6.45, 7) is 7.70. The molecule has 3 nitrogen and oxygen atoms in total. The van der Waals surface area contributed by atoms with E-state index in [4.69, 9.17) is 23.2 Å². The van der Waals surface area contributed by atoms with E-state index >= 15 is 0 Å². The van der Waals surface area contributed by atoms with Crippen LogP contribution in [0.25, 0.3) is 0 Å². The minimum atomic E-state index is -0.0735. The molecule has 1 aromatic rings. The van der Waals surface area contributed by atoms with E-state index in [1.54, 1.807) is 18.2 Å². The normalized spacial score (nSPS) is 29.5. The molecule has 1 heterocycles. The van der Waals surface area contributed by atoms with E-state index in [9.17, 15) is 4.79 Å². The van der Waals surface area contributed by atoms with Gasteiger partial charge in [-0.2, -0.15) is 0 Å². The number of rotatable bonds is 1. The molecule has 3 rings (SSSR count). The molecular formula is C17H22Cl2N2O. The monoisotopic (exact) mass is 340 g/mol. The Balaban J connectivity index is 1.78. The fourth-order valence-electron chi connectivity index (χ4n) is 4.48. The highest BCUT2D eigenvalue weighted by Crippen LogP contribution is 2.52. The maximum atomic E-state index is 12.7. The Morgan fingerprint density at radius 1 is 1.27 bits per heavy atom. The molecule has 1 aliphatic carbocycles. The summed E-state index contributed by atoms with van der Waals surface area (Å²) in [5.74, 6) is 0. The minimum absolute atomic E-state index is 0.0735. The number of urea groups is 1. The van der Waals surface area contributed by atoms with Crippen molar-refractivity contribution >= 4 is 34.9 Å². The predicted octanol–water partition coefficient (Wildman–Crippen LogP) is 5.43. The SMILES string of the molecule is CC1(C)CC2CC(C)(CN2C(=O)Nc2cc(Cl)ccc2Cl)C1. The van der Waals surface area contributed by atoms with Crippen LogP contribution in [0.3, 0.4) is 0 Å². The van der Waals surface area contributed by atoms with Crippen LogP contribution in [-0.2, 0) is 0 Å². The Morgan fingerprint density at radius 3 is 2.73 bits per heavy atom. The number of hydrogen-bond acceptors (Lipinski definition) is 1. The number of benzene rings is 1. The third-order valence-electron chi connectivity index (χ3n) is 4.85. The van der Waals surface area contributed by atoms with Crippen molar-refractivity contribution in [2.24, 2.45) is 10.8 Å². The van der Waals surface area contributed by atoms with E-state index in [1.165, 1.54) is 0 Å². The zero-order valence-electron chi connectivity index (χ0n) is 13.2. The number of anilines is 1. The van der Waals surface area contributed by atoms with Crippen LogP contribution in [0, 0.1) is 10.8 Å². The highest BCUT2D eigenvalue weighted by Gasteiger charge is 2.51. The van der Waals surface area contributed by atoms with E-state index in [2.05, 4.69) is 26.1 Å². The molecule has 22 heavy (non-hydrogen) atoms. The van der Waals surface area contributed by atoms with Gasteiger partial charge in [0.15, 0.2) is 0 Å². The van der Waals surface area contributed by atoms with Crippen molar-refractivity contribution in [1.82, 2.24) is 4.90 Å². The van der Waals surface area contributed by atoms with Crippen LogP contribution in [0.5, 0.6) is 0 Å². The summed E-state index contributed by atoms with van der Waals surface area (Å²) in [4.78, 5) is 14.7.